The summed E-state index contributed by atoms with van der Waals surface area (Å²) < 4.78 is 26.9. The molecule has 0 fully saturated rings. The predicted octanol–water partition coefficient (Wildman–Crippen LogP) is 0.688. The number of aryl methyl sites for hydroxylation is 1. The molecule has 0 unspecified atom stereocenters. The molecule has 0 aliphatic heterocycles. The lowest BCUT2D eigenvalue weighted by Crippen LogP contribution is -2.43. The third-order valence-electron chi connectivity index (χ3n) is 4.02. The van der Waals surface area contributed by atoms with Gasteiger partial charge in [0.15, 0.2) is 0 Å². The summed E-state index contributed by atoms with van der Waals surface area (Å²) in [6.45, 7) is 7.66. The van der Waals surface area contributed by atoms with E-state index in [2.05, 4.69) is 16.0 Å². The number of likely N-dealkylation sites (N-methyl/N-ethyl adjacent to an activating group) is 1. The number of sulfonamides is 1. The fourth-order valence-electron chi connectivity index (χ4n) is 2.34. The van der Waals surface area contributed by atoms with Crippen molar-refractivity contribution in [1.82, 2.24) is 14.9 Å². The lowest BCUT2D eigenvalue weighted by Gasteiger charge is -2.20. The Hall–Kier alpha value is -1.97. The van der Waals surface area contributed by atoms with Crippen LogP contribution in [-0.4, -0.2) is 57.3 Å². The molecule has 0 heterocycles. The quantitative estimate of drug-likeness (QED) is 0.581. The highest BCUT2D eigenvalue weighted by Gasteiger charge is 2.24. The first-order valence-electron chi connectivity index (χ1n) is 8.52. The molecule has 0 aliphatic carbocycles. The summed E-state index contributed by atoms with van der Waals surface area (Å²) in [5.74, 6) is -0.587. The highest BCUT2D eigenvalue weighted by Crippen LogP contribution is 2.23. The number of benzene rings is 1. The molecule has 0 aromatic heterocycles. The van der Waals surface area contributed by atoms with Crippen LogP contribution < -0.4 is 16.0 Å². The Balaban J connectivity index is 2.97. The van der Waals surface area contributed by atoms with Crippen LogP contribution in [0.3, 0.4) is 0 Å². The zero-order valence-electron chi connectivity index (χ0n) is 15.9. The highest BCUT2D eigenvalue weighted by atomic mass is 32.2. The Morgan fingerprint density at radius 2 is 1.81 bits per heavy atom. The molecule has 8 nitrogen and oxygen atoms in total. The number of carbonyl (C=O) groups is 2. The molecule has 146 valence electrons. The van der Waals surface area contributed by atoms with Crippen LogP contribution >= 0.6 is 0 Å². The van der Waals surface area contributed by atoms with Crippen LogP contribution in [-0.2, 0) is 19.6 Å². The van der Waals surface area contributed by atoms with E-state index in [-0.39, 0.29) is 23.3 Å². The average molecular weight is 385 g/mol. The Labute approximate surface area is 155 Å². The van der Waals surface area contributed by atoms with E-state index in [9.17, 15) is 18.0 Å². The molecule has 1 atom stereocenters. The van der Waals surface area contributed by atoms with E-state index in [0.29, 0.717) is 24.3 Å². The van der Waals surface area contributed by atoms with E-state index in [1.54, 1.807) is 39.8 Å². The lowest BCUT2D eigenvalue weighted by atomic mass is 10.2. The highest BCUT2D eigenvalue weighted by molar-refractivity contribution is 7.89. The minimum atomic E-state index is -3.62. The molecule has 0 radical (unpaired) electrons. The van der Waals surface area contributed by atoms with Crippen molar-refractivity contribution in [3.63, 3.8) is 0 Å². The molecule has 0 saturated heterocycles. The molecule has 0 aliphatic rings. The third-order valence-corrected chi connectivity index (χ3v) is 6.21. The van der Waals surface area contributed by atoms with E-state index in [4.69, 9.17) is 0 Å². The van der Waals surface area contributed by atoms with E-state index in [1.165, 1.54) is 17.4 Å². The number of amides is 2. The first-order valence-corrected chi connectivity index (χ1v) is 9.96. The van der Waals surface area contributed by atoms with Gasteiger partial charge >= 0.3 is 0 Å². The molecular formula is C17H28N4O4S. The summed E-state index contributed by atoms with van der Waals surface area (Å²) in [7, 11) is -2.11. The Morgan fingerprint density at radius 3 is 2.35 bits per heavy atom. The first-order chi connectivity index (χ1) is 12.2. The van der Waals surface area contributed by atoms with Gasteiger partial charge in [0.05, 0.1) is 17.5 Å². The SMILES string of the molecule is CCN(CC)S(=O)(=O)c1cc(NC(=O)[C@@H](C)NCC(=O)NC)ccc1C. The maximum atomic E-state index is 12.8. The number of nitrogens with zero attached hydrogens (tertiary/aromatic N) is 1. The van der Waals surface area contributed by atoms with Gasteiger partial charge in [-0.2, -0.15) is 4.31 Å². The second-order valence-corrected chi connectivity index (χ2v) is 7.74. The van der Waals surface area contributed by atoms with Gasteiger partial charge in [0, 0.05) is 25.8 Å². The minimum absolute atomic E-state index is 0.0145. The number of hydrogen-bond donors (Lipinski definition) is 3. The maximum Gasteiger partial charge on any atom is 0.243 e. The minimum Gasteiger partial charge on any atom is -0.358 e. The Morgan fingerprint density at radius 1 is 1.19 bits per heavy atom. The van der Waals surface area contributed by atoms with Crippen LogP contribution in [0.1, 0.15) is 26.3 Å². The lowest BCUT2D eigenvalue weighted by molar-refractivity contribution is -0.120. The number of rotatable bonds is 9. The zero-order valence-corrected chi connectivity index (χ0v) is 16.7. The van der Waals surface area contributed by atoms with Gasteiger partial charge in [-0.15, -0.1) is 0 Å². The van der Waals surface area contributed by atoms with Gasteiger partial charge < -0.3 is 10.6 Å². The molecule has 1 aromatic rings. The number of nitrogens with one attached hydrogen (secondary N) is 3. The van der Waals surface area contributed by atoms with Gasteiger partial charge in [-0.3, -0.25) is 14.9 Å². The van der Waals surface area contributed by atoms with Gasteiger partial charge in [-0.05, 0) is 31.5 Å². The molecule has 0 spiro atoms. The van der Waals surface area contributed by atoms with E-state index >= 15 is 0 Å². The second kappa shape index (κ2) is 9.65. The van der Waals surface area contributed by atoms with E-state index in [0.717, 1.165) is 0 Å². The summed E-state index contributed by atoms with van der Waals surface area (Å²) in [5, 5.41) is 7.93. The van der Waals surface area contributed by atoms with Crippen molar-refractivity contribution in [2.75, 3.05) is 32.0 Å². The first kappa shape index (κ1) is 22.1. The summed E-state index contributed by atoms with van der Waals surface area (Å²) in [4.78, 5) is 23.6. The van der Waals surface area contributed by atoms with Crippen molar-refractivity contribution in [2.24, 2.45) is 0 Å². The normalized spacial score (nSPS) is 12.7. The molecule has 0 bridgehead atoms. The summed E-state index contributed by atoms with van der Waals surface area (Å²) in [5.41, 5.74) is 1.00. The fraction of sp³-hybridized carbons (Fsp3) is 0.529. The van der Waals surface area contributed by atoms with E-state index in [1.807, 2.05) is 0 Å². The number of hydrogen-bond acceptors (Lipinski definition) is 5. The zero-order chi connectivity index (χ0) is 19.9. The van der Waals surface area contributed by atoms with Gasteiger partial charge in [0.2, 0.25) is 21.8 Å². The smallest absolute Gasteiger partial charge is 0.243 e. The molecule has 9 heteroatoms. The molecule has 26 heavy (non-hydrogen) atoms. The van der Waals surface area contributed by atoms with Crippen molar-refractivity contribution in [2.45, 2.75) is 38.6 Å². The largest absolute Gasteiger partial charge is 0.358 e. The van der Waals surface area contributed by atoms with Crippen LogP contribution in [0.25, 0.3) is 0 Å². The maximum absolute atomic E-state index is 12.8. The van der Waals surface area contributed by atoms with Crippen molar-refractivity contribution >= 4 is 27.5 Å². The van der Waals surface area contributed by atoms with Crippen molar-refractivity contribution in [3.8, 4) is 0 Å². The third kappa shape index (κ3) is 5.52. The van der Waals surface area contributed by atoms with Crippen LogP contribution in [0.15, 0.2) is 23.1 Å². The van der Waals surface area contributed by atoms with Crippen LogP contribution in [0.2, 0.25) is 0 Å². The number of carbonyl (C=O) groups excluding carboxylic acids is 2. The summed E-state index contributed by atoms with van der Waals surface area (Å²) >= 11 is 0. The molecular weight excluding hydrogens is 356 g/mol. The molecule has 1 aromatic carbocycles. The van der Waals surface area contributed by atoms with Crippen molar-refractivity contribution in [1.29, 1.82) is 0 Å². The number of anilines is 1. The molecule has 1 rings (SSSR count). The second-order valence-electron chi connectivity index (χ2n) is 5.83. The van der Waals surface area contributed by atoms with Crippen LogP contribution in [0.4, 0.5) is 5.69 Å². The van der Waals surface area contributed by atoms with Crippen LogP contribution in [0, 0.1) is 6.92 Å². The van der Waals surface area contributed by atoms with Gasteiger partial charge in [-0.25, -0.2) is 8.42 Å². The standard InChI is InChI=1S/C17H28N4O4S/c1-6-21(7-2)26(24,25)15-10-14(9-8-12(15)3)20-17(23)13(4)19-11-16(22)18-5/h8-10,13,19H,6-7,11H2,1-5H3,(H,18,22)(H,20,23)/t13-/m1/s1. The molecule has 2 amide bonds. The van der Waals surface area contributed by atoms with E-state index < -0.39 is 16.1 Å². The molecule has 0 saturated carbocycles. The van der Waals surface area contributed by atoms with Crippen LogP contribution in [0.5, 0.6) is 0 Å². The topological polar surface area (TPSA) is 108 Å². The monoisotopic (exact) mass is 384 g/mol. The Kier molecular flexibility index (Phi) is 8.19. The summed E-state index contributed by atoms with van der Waals surface area (Å²) in [6.07, 6.45) is 0. The molecule has 3 N–H and O–H groups in total. The summed E-state index contributed by atoms with van der Waals surface area (Å²) in [6, 6.07) is 4.16. The van der Waals surface area contributed by atoms with Crippen molar-refractivity contribution in [3.05, 3.63) is 23.8 Å². The van der Waals surface area contributed by atoms with Crippen molar-refractivity contribution < 1.29 is 18.0 Å². The van der Waals surface area contributed by atoms with Gasteiger partial charge in [0.25, 0.3) is 0 Å². The van der Waals surface area contributed by atoms with Gasteiger partial charge in [0.1, 0.15) is 0 Å². The Bertz CT molecular complexity index is 745. The average Bonchev–Trinajstić information content (AvgIpc) is 2.61. The predicted molar refractivity (Wildman–Crippen MR) is 101 cm³/mol. The fourth-order valence-corrected chi connectivity index (χ4v) is 4.04. The van der Waals surface area contributed by atoms with Gasteiger partial charge in [-0.1, -0.05) is 19.9 Å².